The van der Waals surface area contributed by atoms with Gasteiger partial charge in [-0.2, -0.15) is 0 Å². The average Bonchev–Trinajstić information content (AvgIpc) is 2.55. The molecular weight excluding hydrogens is 304 g/mol. The molecule has 0 aliphatic carbocycles. The fourth-order valence-corrected chi connectivity index (χ4v) is 2.45. The molecule has 0 atom stereocenters. The van der Waals surface area contributed by atoms with E-state index in [-0.39, 0.29) is 11.8 Å². The van der Waals surface area contributed by atoms with Gasteiger partial charge in [0.15, 0.2) is 0 Å². The van der Waals surface area contributed by atoms with E-state index in [4.69, 9.17) is 16.7 Å². The van der Waals surface area contributed by atoms with E-state index in [9.17, 15) is 9.59 Å². The number of carbonyl (C=O) groups excluding carboxylic acids is 2. The van der Waals surface area contributed by atoms with E-state index in [2.05, 4.69) is 0 Å². The molecule has 1 aliphatic rings. The molecule has 6 heteroatoms. The lowest BCUT2D eigenvalue weighted by Crippen LogP contribution is -2.50. The minimum absolute atomic E-state index is 0.0900. The van der Waals surface area contributed by atoms with Crippen LogP contribution < -0.4 is 0 Å². The second kappa shape index (κ2) is 7.42. The van der Waals surface area contributed by atoms with Crippen LogP contribution in [0, 0.1) is 6.92 Å². The molecule has 1 aromatic rings. The highest BCUT2D eigenvalue weighted by Gasteiger charge is 2.22. The number of aryl methyl sites for hydroxylation is 1. The van der Waals surface area contributed by atoms with Crippen LogP contribution in [0.25, 0.3) is 6.08 Å². The summed E-state index contributed by atoms with van der Waals surface area (Å²) in [6.45, 7) is 3.30. The fourth-order valence-electron chi connectivity index (χ4n) is 2.26. The lowest BCUT2D eigenvalue weighted by atomic mass is 10.1. The molecule has 5 nitrogen and oxygen atoms in total. The molecule has 1 N–H and O–H groups in total. The van der Waals surface area contributed by atoms with E-state index in [1.807, 2.05) is 25.1 Å². The van der Waals surface area contributed by atoms with Gasteiger partial charge in [0.25, 0.3) is 0 Å². The summed E-state index contributed by atoms with van der Waals surface area (Å²) in [6.07, 6.45) is 3.25. The van der Waals surface area contributed by atoms with Gasteiger partial charge < -0.3 is 14.9 Å². The molecule has 0 unspecified atom stereocenters. The first-order chi connectivity index (χ1) is 10.5. The lowest BCUT2D eigenvalue weighted by molar-refractivity contribution is -0.139. The molecule has 118 valence electrons. The van der Waals surface area contributed by atoms with Crippen LogP contribution in [0.4, 0.5) is 0 Å². The maximum Gasteiger partial charge on any atom is 0.248 e. The zero-order valence-electron chi connectivity index (χ0n) is 12.5. The third-order valence-electron chi connectivity index (χ3n) is 3.69. The summed E-state index contributed by atoms with van der Waals surface area (Å²) < 4.78 is 0. The Hall–Kier alpha value is -1.85. The molecule has 2 rings (SSSR count). The Morgan fingerprint density at radius 2 is 1.86 bits per heavy atom. The quantitative estimate of drug-likeness (QED) is 0.854. The van der Waals surface area contributed by atoms with Crippen molar-refractivity contribution in [2.45, 2.75) is 6.92 Å². The molecule has 1 fully saturated rings. The maximum absolute atomic E-state index is 12.1. The third kappa shape index (κ3) is 4.08. The van der Waals surface area contributed by atoms with Gasteiger partial charge in [0.1, 0.15) is 6.61 Å². The van der Waals surface area contributed by atoms with Crippen molar-refractivity contribution in [2.75, 3.05) is 32.8 Å². The Bertz CT molecular complexity index is 593. The predicted octanol–water partition coefficient (Wildman–Crippen LogP) is 1.32. The van der Waals surface area contributed by atoms with Gasteiger partial charge in [-0.25, -0.2) is 0 Å². The molecule has 0 radical (unpaired) electrons. The molecule has 0 aromatic heterocycles. The molecule has 2 amide bonds. The lowest BCUT2D eigenvalue weighted by Gasteiger charge is -2.33. The van der Waals surface area contributed by atoms with Gasteiger partial charge in [-0.15, -0.1) is 0 Å². The van der Waals surface area contributed by atoms with Gasteiger partial charge in [0.2, 0.25) is 11.8 Å². The van der Waals surface area contributed by atoms with Crippen LogP contribution in [0.5, 0.6) is 0 Å². The Kier molecular flexibility index (Phi) is 5.57. The number of hydrogen-bond acceptors (Lipinski definition) is 3. The van der Waals surface area contributed by atoms with Crippen molar-refractivity contribution < 1.29 is 14.7 Å². The fraction of sp³-hybridized carbons (Fsp3) is 0.375. The summed E-state index contributed by atoms with van der Waals surface area (Å²) >= 11 is 6.05. The minimum Gasteiger partial charge on any atom is -0.387 e. The monoisotopic (exact) mass is 322 g/mol. The van der Waals surface area contributed by atoms with Gasteiger partial charge >= 0.3 is 0 Å². The predicted molar refractivity (Wildman–Crippen MR) is 85.5 cm³/mol. The zero-order valence-corrected chi connectivity index (χ0v) is 13.2. The van der Waals surface area contributed by atoms with Crippen LogP contribution >= 0.6 is 11.6 Å². The first kappa shape index (κ1) is 16.5. The Morgan fingerprint density at radius 3 is 2.45 bits per heavy atom. The molecule has 1 saturated heterocycles. The number of nitrogens with zero attached hydrogens (tertiary/aromatic N) is 2. The standard InChI is InChI=1S/C16H19ClN2O3/c1-12-2-3-13(10-14(12)17)4-5-15(21)18-6-8-19(9-7-18)16(22)11-20/h2-5,10,20H,6-9,11H2,1H3/b5-4+. The Morgan fingerprint density at radius 1 is 1.23 bits per heavy atom. The van der Waals surface area contributed by atoms with Crippen LogP contribution in [0.1, 0.15) is 11.1 Å². The normalized spacial score (nSPS) is 15.4. The van der Waals surface area contributed by atoms with Crippen LogP contribution in [-0.2, 0) is 9.59 Å². The molecule has 1 heterocycles. The number of halogens is 1. The summed E-state index contributed by atoms with van der Waals surface area (Å²) in [6, 6.07) is 5.63. The number of piperazine rings is 1. The largest absolute Gasteiger partial charge is 0.387 e. The van der Waals surface area contributed by atoms with Crippen molar-refractivity contribution >= 4 is 29.5 Å². The van der Waals surface area contributed by atoms with E-state index in [0.29, 0.717) is 31.2 Å². The number of carbonyl (C=O) groups is 2. The molecule has 1 aliphatic heterocycles. The Balaban J connectivity index is 1.91. The highest BCUT2D eigenvalue weighted by atomic mass is 35.5. The van der Waals surface area contributed by atoms with Crippen molar-refractivity contribution in [3.63, 3.8) is 0 Å². The van der Waals surface area contributed by atoms with E-state index in [0.717, 1.165) is 11.1 Å². The van der Waals surface area contributed by atoms with Gasteiger partial charge in [0.05, 0.1) is 0 Å². The van der Waals surface area contributed by atoms with Crippen LogP contribution in [0.3, 0.4) is 0 Å². The number of hydrogen-bond donors (Lipinski definition) is 1. The summed E-state index contributed by atoms with van der Waals surface area (Å²) in [5, 5.41) is 9.49. The second-order valence-corrected chi connectivity index (χ2v) is 5.61. The minimum atomic E-state index is -0.484. The summed E-state index contributed by atoms with van der Waals surface area (Å²) in [5.74, 6) is -0.385. The van der Waals surface area contributed by atoms with Crippen molar-refractivity contribution in [2.24, 2.45) is 0 Å². The van der Waals surface area contributed by atoms with E-state index >= 15 is 0 Å². The first-order valence-corrected chi connectivity index (χ1v) is 7.51. The van der Waals surface area contributed by atoms with E-state index < -0.39 is 6.61 Å². The van der Waals surface area contributed by atoms with Crippen molar-refractivity contribution in [1.29, 1.82) is 0 Å². The number of aliphatic hydroxyl groups excluding tert-OH is 1. The van der Waals surface area contributed by atoms with E-state index in [1.54, 1.807) is 15.9 Å². The molecule has 1 aromatic carbocycles. The topological polar surface area (TPSA) is 60.9 Å². The van der Waals surface area contributed by atoms with Crippen LogP contribution in [-0.4, -0.2) is 59.5 Å². The molecule has 0 bridgehead atoms. The number of benzene rings is 1. The van der Waals surface area contributed by atoms with Gasteiger partial charge in [-0.05, 0) is 30.2 Å². The Labute approximate surface area is 134 Å². The second-order valence-electron chi connectivity index (χ2n) is 5.21. The van der Waals surface area contributed by atoms with Crippen molar-refractivity contribution in [3.8, 4) is 0 Å². The number of aliphatic hydroxyl groups is 1. The third-order valence-corrected chi connectivity index (χ3v) is 4.10. The molecular formula is C16H19ClN2O3. The molecule has 0 saturated carbocycles. The molecule has 22 heavy (non-hydrogen) atoms. The zero-order chi connectivity index (χ0) is 16.1. The van der Waals surface area contributed by atoms with Gasteiger partial charge in [-0.3, -0.25) is 9.59 Å². The highest BCUT2D eigenvalue weighted by molar-refractivity contribution is 6.31. The first-order valence-electron chi connectivity index (χ1n) is 7.13. The van der Waals surface area contributed by atoms with Crippen molar-refractivity contribution in [1.82, 2.24) is 9.80 Å². The average molecular weight is 323 g/mol. The van der Waals surface area contributed by atoms with Gasteiger partial charge in [0, 0.05) is 37.3 Å². The summed E-state index contributed by atoms with van der Waals surface area (Å²) in [5.41, 5.74) is 1.87. The van der Waals surface area contributed by atoms with Crippen molar-refractivity contribution in [3.05, 3.63) is 40.4 Å². The maximum atomic E-state index is 12.1. The number of amides is 2. The highest BCUT2D eigenvalue weighted by Crippen LogP contribution is 2.17. The van der Waals surface area contributed by atoms with Crippen LogP contribution in [0.15, 0.2) is 24.3 Å². The summed E-state index contributed by atoms with van der Waals surface area (Å²) in [7, 11) is 0. The number of rotatable bonds is 3. The van der Waals surface area contributed by atoms with Gasteiger partial charge in [-0.1, -0.05) is 23.7 Å². The van der Waals surface area contributed by atoms with E-state index in [1.165, 1.54) is 6.08 Å². The summed E-state index contributed by atoms with van der Waals surface area (Å²) in [4.78, 5) is 26.7. The molecule has 0 spiro atoms. The smallest absolute Gasteiger partial charge is 0.248 e. The SMILES string of the molecule is Cc1ccc(/C=C/C(=O)N2CCN(C(=O)CO)CC2)cc1Cl. The van der Waals surface area contributed by atoms with Crippen LogP contribution in [0.2, 0.25) is 5.02 Å².